The van der Waals surface area contributed by atoms with Crippen LogP contribution in [0, 0.1) is 13.8 Å². The first-order valence-electron chi connectivity index (χ1n) is 7.86. The Morgan fingerprint density at radius 1 is 1.12 bits per heavy atom. The summed E-state index contributed by atoms with van der Waals surface area (Å²) >= 11 is 0. The van der Waals surface area contributed by atoms with E-state index >= 15 is 0 Å². The topological polar surface area (TPSA) is 75.9 Å². The molecule has 7 heteroatoms. The molecule has 25 heavy (non-hydrogen) atoms. The van der Waals surface area contributed by atoms with Gasteiger partial charge in [0.15, 0.2) is 0 Å². The van der Waals surface area contributed by atoms with Gasteiger partial charge in [-0.2, -0.15) is 0 Å². The van der Waals surface area contributed by atoms with E-state index in [0.717, 1.165) is 22.6 Å². The molecule has 0 radical (unpaired) electrons. The smallest absolute Gasteiger partial charge is 0.275 e. The molecule has 1 amide bonds. The lowest BCUT2D eigenvalue weighted by molar-refractivity contribution is 0.102. The van der Waals surface area contributed by atoms with Crippen molar-refractivity contribution >= 4 is 17.4 Å². The molecular formula is C18H20N6O. The van der Waals surface area contributed by atoms with Gasteiger partial charge in [0.25, 0.3) is 5.91 Å². The molecule has 0 aliphatic heterocycles. The zero-order chi connectivity index (χ0) is 18.0. The first-order chi connectivity index (χ1) is 11.9. The molecule has 3 rings (SSSR count). The van der Waals surface area contributed by atoms with E-state index in [1.165, 1.54) is 6.33 Å². The summed E-state index contributed by atoms with van der Waals surface area (Å²) in [6, 6.07) is 7.71. The van der Waals surface area contributed by atoms with Crippen LogP contribution in [0.4, 0.5) is 11.5 Å². The van der Waals surface area contributed by atoms with Gasteiger partial charge in [0.05, 0.1) is 0 Å². The fourth-order valence-electron chi connectivity index (χ4n) is 2.43. The van der Waals surface area contributed by atoms with E-state index < -0.39 is 0 Å². The van der Waals surface area contributed by atoms with Crippen LogP contribution < -0.4 is 10.2 Å². The Morgan fingerprint density at radius 2 is 1.92 bits per heavy atom. The molecule has 0 aliphatic rings. The van der Waals surface area contributed by atoms with E-state index in [4.69, 9.17) is 0 Å². The summed E-state index contributed by atoms with van der Waals surface area (Å²) in [5.41, 5.74) is 3.27. The zero-order valence-electron chi connectivity index (χ0n) is 14.7. The van der Waals surface area contributed by atoms with Crippen LogP contribution in [0.15, 0.2) is 43.1 Å². The van der Waals surface area contributed by atoms with Crippen molar-refractivity contribution in [2.24, 2.45) is 0 Å². The molecule has 2 aromatic heterocycles. The zero-order valence-corrected chi connectivity index (χ0v) is 14.7. The summed E-state index contributed by atoms with van der Waals surface area (Å²) in [7, 11) is 3.81. The largest absolute Gasteiger partial charge is 0.363 e. The first kappa shape index (κ1) is 16.6. The van der Waals surface area contributed by atoms with Crippen molar-refractivity contribution in [2.75, 3.05) is 24.3 Å². The molecule has 0 unspecified atom stereocenters. The van der Waals surface area contributed by atoms with Crippen molar-refractivity contribution in [3.8, 4) is 5.82 Å². The average molecular weight is 336 g/mol. The Morgan fingerprint density at radius 3 is 2.64 bits per heavy atom. The van der Waals surface area contributed by atoms with Gasteiger partial charge in [0.1, 0.15) is 30.0 Å². The minimum absolute atomic E-state index is 0.257. The number of hydrogen-bond donors (Lipinski definition) is 1. The summed E-state index contributed by atoms with van der Waals surface area (Å²) in [5.74, 6) is 1.17. The number of amides is 1. The highest BCUT2D eigenvalue weighted by Gasteiger charge is 2.12. The molecule has 0 saturated heterocycles. The van der Waals surface area contributed by atoms with Gasteiger partial charge in [-0.05, 0) is 25.5 Å². The number of aromatic nitrogens is 4. The van der Waals surface area contributed by atoms with Crippen LogP contribution in [0.5, 0.6) is 0 Å². The van der Waals surface area contributed by atoms with Crippen molar-refractivity contribution in [1.29, 1.82) is 0 Å². The summed E-state index contributed by atoms with van der Waals surface area (Å²) < 4.78 is 1.70. The molecule has 128 valence electrons. The predicted octanol–water partition coefficient (Wildman–Crippen LogP) is 2.60. The van der Waals surface area contributed by atoms with Crippen molar-refractivity contribution < 1.29 is 4.79 Å². The Labute approximate surface area is 146 Å². The van der Waals surface area contributed by atoms with Gasteiger partial charge < -0.3 is 10.2 Å². The van der Waals surface area contributed by atoms with Crippen LogP contribution in [-0.4, -0.2) is 39.5 Å². The third-order valence-corrected chi connectivity index (χ3v) is 3.81. The summed E-state index contributed by atoms with van der Waals surface area (Å²) in [6.07, 6.45) is 4.71. The molecule has 3 aromatic rings. The van der Waals surface area contributed by atoms with E-state index in [1.54, 1.807) is 17.1 Å². The minimum Gasteiger partial charge on any atom is -0.363 e. The third kappa shape index (κ3) is 3.65. The monoisotopic (exact) mass is 336 g/mol. The fraction of sp³-hybridized carbons (Fsp3) is 0.222. The fourth-order valence-corrected chi connectivity index (χ4v) is 2.43. The second-order valence-electron chi connectivity index (χ2n) is 6.07. The standard InChI is InChI=1S/C18H20N6O/c1-12-5-6-14(13(2)7-12)22-18(25)15-9-24(11-21-15)17-8-16(23(3)4)19-10-20-17/h5-11H,1-4H3,(H,22,25). The molecule has 0 saturated carbocycles. The third-order valence-electron chi connectivity index (χ3n) is 3.81. The molecule has 1 aromatic carbocycles. The highest BCUT2D eigenvalue weighted by Crippen LogP contribution is 2.17. The number of carbonyl (C=O) groups excluding carboxylic acids is 1. The molecule has 0 atom stereocenters. The number of hydrogen-bond acceptors (Lipinski definition) is 5. The van der Waals surface area contributed by atoms with Crippen LogP contribution in [0.3, 0.4) is 0 Å². The Bertz CT molecular complexity index is 915. The summed E-state index contributed by atoms with van der Waals surface area (Å²) in [6.45, 7) is 3.98. The van der Waals surface area contributed by atoms with E-state index in [2.05, 4.69) is 20.3 Å². The number of carbonyl (C=O) groups is 1. The van der Waals surface area contributed by atoms with Gasteiger partial charge in [-0.25, -0.2) is 15.0 Å². The number of imidazole rings is 1. The number of benzene rings is 1. The van der Waals surface area contributed by atoms with E-state index in [1.807, 2.05) is 57.1 Å². The Balaban J connectivity index is 1.81. The van der Waals surface area contributed by atoms with Crippen LogP contribution in [0.1, 0.15) is 21.6 Å². The van der Waals surface area contributed by atoms with Gasteiger partial charge in [-0.15, -0.1) is 0 Å². The van der Waals surface area contributed by atoms with Crippen LogP contribution in [-0.2, 0) is 0 Å². The van der Waals surface area contributed by atoms with Crippen LogP contribution in [0.25, 0.3) is 5.82 Å². The molecule has 1 N–H and O–H groups in total. The minimum atomic E-state index is -0.257. The highest BCUT2D eigenvalue weighted by molar-refractivity contribution is 6.03. The number of anilines is 2. The van der Waals surface area contributed by atoms with Gasteiger partial charge in [-0.3, -0.25) is 9.36 Å². The SMILES string of the molecule is Cc1ccc(NC(=O)c2cn(-c3cc(N(C)C)ncn3)cn2)c(C)c1. The van der Waals surface area contributed by atoms with Crippen molar-refractivity contribution in [1.82, 2.24) is 19.5 Å². The lowest BCUT2D eigenvalue weighted by atomic mass is 10.1. The maximum atomic E-state index is 12.4. The Kier molecular flexibility index (Phi) is 4.47. The molecule has 0 spiro atoms. The lowest BCUT2D eigenvalue weighted by Crippen LogP contribution is -2.13. The second kappa shape index (κ2) is 6.72. The highest BCUT2D eigenvalue weighted by atomic mass is 16.1. The van der Waals surface area contributed by atoms with E-state index in [0.29, 0.717) is 11.5 Å². The predicted molar refractivity (Wildman–Crippen MR) is 97.4 cm³/mol. The van der Waals surface area contributed by atoms with Gasteiger partial charge >= 0.3 is 0 Å². The number of nitrogens with zero attached hydrogens (tertiary/aromatic N) is 5. The van der Waals surface area contributed by atoms with Crippen molar-refractivity contribution in [3.63, 3.8) is 0 Å². The maximum absolute atomic E-state index is 12.4. The van der Waals surface area contributed by atoms with Crippen molar-refractivity contribution in [3.05, 3.63) is 59.9 Å². The average Bonchev–Trinajstić information content (AvgIpc) is 3.07. The van der Waals surface area contributed by atoms with Crippen LogP contribution in [0.2, 0.25) is 0 Å². The number of rotatable bonds is 4. The summed E-state index contributed by atoms with van der Waals surface area (Å²) in [4.78, 5) is 26.9. The van der Waals surface area contributed by atoms with Crippen molar-refractivity contribution in [2.45, 2.75) is 13.8 Å². The van der Waals surface area contributed by atoms with Gasteiger partial charge in [0, 0.05) is 32.0 Å². The maximum Gasteiger partial charge on any atom is 0.275 e. The molecule has 0 fully saturated rings. The van der Waals surface area contributed by atoms with Gasteiger partial charge in [-0.1, -0.05) is 17.7 Å². The molecular weight excluding hydrogens is 316 g/mol. The second-order valence-corrected chi connectivity index (χ2v) is 6.07. The van der Waals surface area contributed by atoms with E-state index in [9.17, 15) is 4.79 Å². The molecule has 7 nitrogen and oxygen atoms in total. The lowest BCUT2D eigenvalue weighted by Gasteiger charge is -2.11. The van der Waals surface area contributed by atoms with Gasteiger partial charge in [0.2, 0.25) is 0 Å². The molecule has 0 aliphatic carbocycles. The van der Waals surface area contributed by atoms with Crippen LogP contribution >= 0.6 is 0 Å². The first-order valence-corrected chi connectivity index (χ1v) is 7.86. The number of aryl methyl sites for hydroxylation is 2. The quantitative estimate of drug-likeness (QED) is 0.792. The normalized spacial score (nSPS) is 10.6. The van der Waals surface area contributed by atoms with E-state index in [-0.39, 0.29) is 5.91 Å². The Hall–Kier alpha value is -3.22. The number of nitrogens with one attached hydrogen (secondary N) is 1. The molecule has 0 bridgehead atoms. The summed E-state index contributed by atoms with van der Waals surface area (Å²) in [5, 5.41) is 2.89. The molecule has 2 heterocycles.